The van der Waals surface area contributed by atoms with Gasteiger partial charge in [-0.25, -0.2) is 4.98 Å². The predicted octanol–water partition coefficient (Wildman–Crippen LogP) is 0.321. The summed E-state index contributed by atoms with van der Waals surface area (Å²) in [4.78, 5) is 16.9. The highest BCUT2D eigenvalue weighted by Crippen LogP contribution is 2.25. The lowest BCUT2D eigenvalue weighted by atomic mass is 9.94. The normalized spacial score (nSPS) is 28.3. The van der Waals surface area contributed by atoms with Crippen LogP contribution in [0.3, 0.4) is 0 Å². The topological polar surface area (TPSA) is 120 Å². The second kappa shape index (κ2) is 8.55. The molecule has 1 aliphatic heterocycles. The molecule has 1 saturated heterocycles. The Morgan fingerprint density at radius 2 is 1.78 bits per heavy atom. The number of carbonyl (C=O) groups excluding carboxylic acids is 1. The molecule has 0 aliphatic carbocycles. The van der Waals surface area contributed by atoms with Crippen molar-refractivity contribution in [3.05, 3.63) is 51.5 Å². The number of ketones is 1. The zero-order valence-electron chi connectivity index (χ0n) is 14.9. The van der Waals surface area contributed by atoms with Gasteiger partial charge in [-0.3, -0.25) is 4.79 Å². The highest BCUT2D eigenvalue weighted by molar-refractivity contribution is 7.09. The van der Waals surface area contributed by atoms with Crippen LogP contribution >= 0.6 is 11.3 Å². The maximum atomic E-state index is 12.6. The van der Waals surface area contributed by atoms with Crippen LogP contribution in [0, 0.1) is 0 Å². The molecular weight excluding hydrogens is 370 g/mol. The number of ether oxygens (including phenoxy) is 1. The molecule has 1 aliphatic rings. The van der Waals surface area contributed by atoms with Gasteiger partial charge in [-0.15, -0.1) is 11.3 Å². The fourth-order valence-electron chi connectivity index (χ4n) is 3.07. The van der Waals surface area contributed by atoms with Crippen molar-refractivity contribution in [1.29, 1.82) is 0 Å². The second-order valence-corrected chi connectivity index (χ2v) is 7.52. The molecular formula is C19H23NO6S. The van der Waals surface area contributed by atoms with Gasteiger partial charge >= 0.3 is 0 Å². The minimum Gasteiger partial charge on any atom is -0.394 e. The lowest BCUT2D eigenvalue weighted by molar-refractivity contribution is -0.228. The van der Waals surface area contributed by atoms with Crippen LogP contribution in [0.15, 0.2) is 29.6 Å². The highest BCUT2D eigenvalue weighted by atomic mass is 32.1. The van der Waals surface area contributed by atoms with E-state index in [2.05, 4.69) is 4.98 Å². The Labute approximate surface area is 160 Å². The Balaban J connectivity index is 1.70. The summed E-state index contributed by atoms with van der Waals surface area (Å²) < 4.78 is 5.49. The van der Waals surface area contributed by atoms with Gasteiger partial charge in [0, 0.05) is 17.4 Å². The molecule has 2 aromatic rings. The third-order valence-electron chi connectivity index (χ3n) is 4.78. The Kier molecular flexibility index (Phi) is 6.36. The van der Waals surface area contributed by atoms with Gasteiger partial charge in [-0.2, -0.15) is 0 Å². The van der Waals surface area contributed by atoms with Crippen molar-refractivity contribution in [3.8, 4) is 0 Å². The molecule has 1 aromatic carbocycles. The first-order valence-corrected chi connectivity index (χ1v) is 9.71. The van der Waals surface area contributed by atoms with Gasteiger partial charge in [0.2, 0.25) is 5.78 Å². The molecule has 146 valence electrons. The lowest BCUT2D eigenvalue weighted by Crippen LogP contribution is -2.59. The standard InChI is InChI=1S/C19H23NO6S/c1-2-10-3-5-11(6-4-10)16(22)12-9-27-15(20-12)7-13-17(23)19(25)18(24)14(8-21)26-13/h3-6,9,13-14,17-19,21,23-25H,2,7-8H2,1H3. The number of aryl methyl sites for hydroxylation is 1. The molecule has 1 aromatic heterocycles. The molecule has 2 heterocycles. The Morgan fingerprint density at radius 3 is 2.41 bits per heavy atom. The van der Waals surface area contributed by atoms with E-state index in [0.717, 1.165) is 12.0 Å². The number of nitrogens with zero attached hydrogens (tertiary/aromatic N) is 1. The van der Waals surface area contributed by atoms with Crippen LogP contribution in [0.2, 0.25) is 0 Å². The number of benzene rings is 1. The van der Waals surface area contributed by atoms with Crippen LogP contribution in [0.4, 0.5) is 0 Å². The third kappa shape index (κ3) is 4.26. The number of carbonyl (C=O) groups is 1. The molecule has 1 fully saturated rings. The molecule has 5 atom stereocenters. The Bertz CT molecular complexity index is 775. The van der Waals surface area contributed by atoms with E-state index < -0.39 is 37.1 Å². The van der Waals surface area contributed by atoms with E-state index in [4.69, 9.17) is 4.74 Å². The largest absolute Gasteiger partial charge is 0.394 e. The summed E-state index contributed by atoms with van der Waals surface area (Å²) in [6, 6.07) is 7.37. The summed E-state index contributed by atoms with van der Waals surface area (Å²) in [6.07, 6.45) is -4.85. The molecule has 0 saturated carbocycles. The summed E-state index contributed by atoms with van der Waals surface area (Å²) in [5.74, 6) is -0.186. The van der Waals surface area contributed by atoms with Crippen molar-refractivity contribution in [1.82, 2.24) is 4.98 Å². The van der Waals surface area contributed by atoms with Crippen LogP contribution in [0.1, 0.15) is 33.5 Å². The van der Waals surface area contributed by atoms with Crippen molar-refractivity contribution < 1.29 is 30.0 Å². The van der Waals surface area contributed by atoms with E-state index in [1.54, 1.807) is 17.5 Å². The van der Waals surface area contributed by atoms with Crippen molar-refractivity contribution in [2.75, 3.05) is 6.61 Å². The minimum absolute atomic E-state index is 0.161. The van der Waals surface area contributed by atoms with E-state index in [1.165, 1.54) is 11.3 Å². The average molecular weight is 393 g/mol. The monoisotopic (exact) mass is 393 g/mol. The van der Waals surface area contributed by atoms with Crippen molar-refractivity contribution in [3.63, 3.8) is 0 Å². The van der Waals surface area contributed by atoms with Gasteiger partial charge in [0.1, 0.15) is 30.1 Å². The maximum absolute atomic E-state index is 12.6. The molecule has 5 unspecified atom stereocenters. The molecule has 4 N–H and O–H groups in total. The van der Waals surface area contributed by atoms with Crippen LogP contribution in [-0.2, 0) is 17.6 Å². The number of hydrogen-bond donors (Lipinski definition) is 4. The summed E-state index contributed by atoms with van der Waals surface area (Å²) in [6.45, 7) is 1.57. The van der Waals surface area contributed by atoms with Gasteiger partial charge in [-0.1, -0.05) is 31.2 Å². The summed E-state index contributed by atoms with van der Waals surface area (Å²) >= 11 is 1.26. The van der Waals surface area contributed by atoms with E-state index in [1.807, 2.05) is 19.1 Å². The zero-order chi connectivity index (χ0) is 19.6. The van der Waals surface area contributed by atoms with E-state index >= 15 is 0 Å². The molecule has 3 rings (SSSR count). The molecule has 0 amide bonds. The van der Waals surface area contributed by atoms with Gasteiger partial charge in [-0.05, 0) is 12.0 Å². The number of aliphatic hydroxyl groups excluding tert-OH is 4. The smallest absolute Gasteiger partial charge is 0.212 e. The first-order chi connectivity index (χ1) is 12.9. The summed E-state index contributed by atoms with van der Waals surface area (Å²) in [7, 11) is 0. The third-order valence-corrected chi connectivity index (χ3v) is 5.65. The Morgan fingerprint density at radius 1 is 1.11 bits per heavy atom. The molecule has 0 radical (unpaired) electrons. The predicted molar refractivity (Wildman–Crippen MR) is 98.8 cm³/mol. The van der Waals surface area contributed by atoms with Gasteiger partial charge in [0.15, 0.2) is 0 Å². The average Bonchev–Trinajstić information content (AvgIpc) is 3.16. The highest BCUT2D eigenvalue weighted by Gasteiger charge is 2.43. The summed E-state index contributed by atoms with van der Waals surface area (Å²) in [5, 5.41) is 41.3. The number of rotatable bonds is 6. The first kappa shape index (κ1) is 20.1. The first-order valence-electron chi connectivity index (χ1n) is 8.83. The number of hydrogen-bond acceptors (Lipinski definition) is 8. The lowest BCUT2D eigenvalue weighted by Gasteiger charge is -2.39. The van der Waals surface area contributed by atoms with Crippen molar-refractivity contribution in [2.24, 2.45) is 0 Å². The van der Waals surface area contributed by atoms with E-state index in [9.17, 15) is 25.2 Å². The zero-order valence-corrected chi connectivity index (χ0v) is 15.7. The number of aliphatic hydroxyl groups is 4. The number of thiazole rings is 1. The molecule has 8 heteroatoms. The van der Waals surface area contributed by atoms with Crippen LogP contribution in [-0.4, -0.2) is 68.3 Å². The molecule has 27 heavy (non-hydrogen) atoms. The van der Waals surface area contributed by atoms with Crippen molar-refractivity contribution in [2.45, 2.75) is 50.3 Å². The molecule has 0 bridgehead atoms. The van der Waals surface area contributed by atoms with Crippen molar-refractivity contribution >= 4 is 17.1 Å². The SMILES string of the molecule is CCc1ccc(C(=O)c2csc(CC3OC(CO)C(O)C(O)C3O)n2)cc1. The quantitative estimate of drug-likeness (QED) is 0.522. The van der Waals surface area contributed by atoms with E-state index in [0.29, 0.717) is 16.3 Å². The van der Waals surface area contributed by atoms with Gasteiger partial charge in [0.25, 0.3) is 0 Å². The van der Waals surface area contributed by atoms with E-state index in [-0.39, 0.29) is 12.2 Å². The van der Waals surface area contributed by atoms with Crippen LogP contribution < -0.4 is 0 Å². The fourth-order valence-corrected chi connectivity index (χ4v) is 3.89. The second-order valence-electron chi connectivity index (χ2n) is 6.58. The maximum Gasteiger partial charge on any atom is 0.212 e. The molecule has 0 spiro atoms. The van der Waals surface area contributed by atoms with Crippen LogP contribution in [0.5, 0.6) is 0 Å². The van der Waals surface area contributed by atoms with Crippen LogP contribution in [0.25, 0.3) is 0 Å². The minimum atomic E-state index is -1.42. The van der Waals surface area contributed by atoms with Gasteiger partial charge < -0.3 is 25.2 Å². The molecule has 7 nitrogen and oxygen atoms in total. The van der Waals surface area contributed by atoms with Gasteiger partial charge in [0.05, 0.1) is 17.7 Å². The number of aromatic nitrogens is 1. The summed E-state index contributed by atoms with van der Waals surface area (Å²) in [5.41, 5.74) is 2.01. The fraction of sp³-hybridized carbons (Fsp3) is 0.474. The Hall–Kier alpha value is -1.68.